The van der Waals surface area contributed by atoms with Crippen LogP contribution in [0, 0.1) is 13.8 Å². The van der Waals surface area contributed by atoms with E-state index in [1.807, 2.05) is 25.4 Å². The maximum Gasteiger partial charge on any atom is 0.170 e. The fourth-order valence-electron chi connectivity index (χ4n) is 5.88. The van der Waals surface area contributed by atoms with E-state index in [0.717, 1.165) is 43.4 Å². The monoisotopic (exact) mass is 501 g/mol. The molecule has 0 bridgehead atoms. The zero-order valence-corrected chi connectivity index (χ0v) is 22.6. The van der Waals surface area contributed by atoms with Gasteiger partial charge in [-0.05, 0) is 68.2 Å². The first-order valence-corrected chi connectivity index (χ1v) is 13.7. The minimum atomic E-state index is 0.0579. The van der Waals surface area contributed by atoms with Crippen molar-refractivity contribution in [1.29, 1.82) is 0 Å². The summed E-state index contributed by atoms with van der Waals surface area (Å²) in [7, 11) is 0. The van der Waals surface area contributed by atoms with Gasteiger partial charge in [0, 0.05) is 49.6 Å². The summed E-state index contributed by atoms with van der Waals surface area (Å²) in [6.07, 6.45) is 10.6. The van der Waals surface area contributed by atoms with Gasteiger partial charge in [0.1, 0.15) is 0 Å². The Morgan fingerprint density at radius 3 is 2.43 bits per heavy atom. The van der Waals surface area contributed by atoms with Crippen LogP contribution in [0.25, 0.3) is 5.82 Å². The number of aryl methyl sites for hydroxylation is 1. The molecule has 1 saturated heterocycles. The highest BCUT2D eigenvalue weighted by Crippen LogP contribution is 2.35. The number of nitrogens with zero attached hydrogens (tertiary/aromatic N) is 5. The van der Waals surface area contributed by atoms with Crippen molar-refractivity contribution in [1.82, 2.24) is 24.6 Å². The molecule has 0 radical (unpaired) electrons. The fourth-order valence-corrected chi connectivity index (χ4v) is 5.88. The van der Waals surface area contributed by atoms with Gasteiger partial charge in [-0.3, -0.25) is 14.7 Å². The van der Waals surface area contributed by atoms with Crippen LogP contribution in [0.3, 0.4) is 0 Å². The Hall–Kier alpha value is -2.90. The van der Waals surface area contributed by atoms with E-state index >= 15 is 0 Å². The molecular weight excluding hydrogens is 462 g/mol. The summed E-state index contributed by atoms with van der Waals surface area (Å²) in [6, 6.07) is 6.87. The SMILES string of the molecule is Cc1cc(CC(=O)c2cnn(-c3ccc(C(C)C)cn3)c2C)cnc1C1CCC(N2CCOCC2)CC1. The molecule has 7 nitrogen and oxygen atoms in total. The van der Waals surface area contributed by atoms with Gasteiger partial charge in [-0.1, -0.05) is 26.0 Å². The summed E-state index contributed by atoms with van der Waals surface area (Å²) < 4.78 is 7.27. The van der Waals surface area contributed by atoms with Gasteiger partial charge < -0.3 is 4.74 Å². The molecule has 1 saturated carbocycles. The zero-order chi connectivity index (χ0) is 25.9. The van der Waals surface area contributed by atoms with Crippen LogP contribution in [0.1, 0.15) is 89.8 Å². The lowest BCUT2D eigenvalue weighted by Crippen LogP contribution is -2.44. The molecule has 1 aliphatic heterocycles. The van der Waals surface area contributed by atoms with Crippen LogP contribution in [-0.2, 0) is 11.2 Å². The molecule has 4 heterocycles. The Morgan fingerprint density at radius 1 is 1.03 bits per heavy atom. The van der Waals surface area contributed by atoms with Crippen molar-refractivity contribution in [3.05, 3.63) is 70.4 Å². The summed E-state index contributed by atoms with van der Waals surface area (Å²) in [5, 5.41) is 4.46. The highest BCUT2D eigenvalue weighted by molar-refractivity contribution is 5.98. The lowest BCUT2D eigenvalue weighted by Gasteiger charge is -2.38. The molecule has 37 heavy (non-hydrogen) atoms. The molecule has 2 fully saturated rings. The van der Waals surface area contributed by atoms with E-state index in [9.17, 15) is 4.79 Å². The third-order valence-corrected chi connectivity index (χ3v) is 8.15. The summed E-state index contributed by atoms with van der Waals surface area (Å²) in [6.45, 7) is 12.2. The molecule has 0 spiro atoms. The van der Waals surface area contributed by atoms with E-state index in [0.29, 0.717) is 29.9 Å². The second-order valence-electron chi connectivity index (χ2n) is 11.0. The lowest BCUT2D eigenvalue weighted by molar-refractivity contribution is 0.00719. The smallest absolute Gasteiger partial charge is 0.170 e. The first kappa shape index (κ1) is 25.7. The maximum absolute atomic E-state index is 13.2. The number of ether oxygens (including phenoxy) is 1. The van der Waals surface area contributed by atoms with Crippen molar-refractivity contribution in [3.63, 3.8) is 0 Å². The largest absolute Gasteiger partial charge is 0.379 e. The number of aromatic nitrogens is 4. The van der Waals surface area contributed by atoms with Crippen LogP contribution in [0.15, 0.2) is 36.8 Å². The predicted octanol–water partition coefficient (Wildman–Crippen LogP) is 5.19. The predicted molar refractivity (Wildman–Crippen MR) is 145 cm³/mol. The number of rotatable bonds is 7. The number of pyridine rings is 2. The van der Waals surface area contributed by atoms with Crippen molar-refractivity contribution in [3.8, 4) is 5.82 Å². The highest BCUT2D eigenvalue weighted by Gasteiger charge is 2.29. The van der Waals surface area contributed by atoms with Crippen molar-refractivity contribution in [2.75, 3.05) is 26.3 Å². The van der Waals surface area contributed by atoms with E-state index in [1.54, 1.807) is 10.9 Å². The number of Topliss-reactive ketones (excluding diaryl/α,β-unsaturated/α-hetero) is 1. The number of hydrogen-bond donors (Lipinski definition) is 0. The van der Waals surface area contributed by atoms with Gasteiger partial charge in [0.15, 0.2) is 11.6 Å². The van der Waals surface area contributed by atoms with Crippen LogP contribution in [0.2, 0.25) is 0 Å². The van der Waals surface area contributed by atoms with Crippen molar-refractivity contribution >= 4 is 5.78 Å². The van der Waals surface area contributed by atoms with Gasteiger partial charge in [0.2, 0.25) is 0 Å². The maximum atomic E-state index is 13.2. The Balaban J connectivity index is 1.22. The molecule has 2 aliphatic rings. The molecule has 3 aromatic rings. The van der Waals surface area contributed by atoms with Gasteiger partial charge in [0.05, 0.1) is 30.7 Å². The average molecular weight is 502 g/mol. The van der Waals surface area contributed by atoms with Crippen molar-refractivity contribution < 1.29 is 9.53 Å². The minimum Gasteiger partial charge on any atom is -0.379 e. The van der Waals surface area contributed by atoms with Crippen LogP contribution in [-0.4, -0.2) is 62.8 Å². The third kappa shape index (κ3) is 5.68. The molecule has 196 valence electrons. The van der Waals surface area contributed by atoms with Gasteiger partial charge in [-0.15, -0.1) is 0 Å². The van der Waals surface area contributed by atoms with Gasteiger partial charge in [-0.2, -0.15) is 5.10 Å². The molecule has 0 N–H and O–H groups in total. The standard InChI is InChI=1S/C30H39N5O2/c1-20(2)25-7-10-29(31-18-25)35-22(4)27(19-33-35)28(36)16-23-15-21(3)30(32-17-23)24-5-8-26(9-6-24)34-11-13-37-14-12-34/h7,10,15,17-20,24,26H,5-6,8-9,11-14,16H2,1-4H3. The normalized spacial score (nSPS) is 20.9. The van der Waals surface area contributed by atoms with E-state index < -0.39 is 0 Å². The Morgan fingerprint density at radius 2 is 1.78 bits per heavy atom. The number of carbonyl (C=O) groups excluding carboxylic acids is 1. The first-order valence-electron chi connectivity index (χ1n) is 13.7. The quantitative estimate of drug-likeness (QED) is 0.415. The second-order valence-corrected chi connectivity index (χ2v) is 11.0. The van der Waals surface area contributed by atoms with E-state index in [2.05, 4.69) is 47.9 Å². The topological polar surface area (TPSA) is 73.1 Å². The van der Waals surface area contributed by atoms with Crippen molar-refractivity contribution in [2.45, 2.75) is 77.7 Å². The third-order valence-electron chi connectivity index (χ3n) is 8.15. The van der Waals surface area contributed by atoms with E-state index in [4.69, 9.17) is 9.72 Å². The van der Waals surface area contributed by atoms with Crippen LogP contribution in [0.5, 0.6) is 0 Å². The minimum absolute atomic E-state index is 0.0579. The van der Waals surface area contributed by atoms with E-state index in [-0.39, 0.29) is 5.78 Å². The molecule has 0 aromatic carbocycles. The van der Waals surface area contributed by atoms with Gasteiger partial charge >= 0.3 is 0 Å². The Kier molecular flexibility index (Phi) is 7.81. The molecule has 7 heteroatoms. The molecule has 0 amide bonds. The summed E-state index contributed by atoms with van der Waals surface area (Å²) >= 11 is 0. The fraction of sp³-hybridized carbons (Fsp3) is 0.533. The second kappa shape index (κ2) is 11.2. The van der Waals surface area contributed by atoms with Crippen LogP contribution >= 0.6 is 0 Å². The number of morpholine rings is 1. The van der Waals surface area contributed by atoms with Crippen LogP contribution in [0.4, 0.5) is 0 Å². The Bertz CT molecular complexity index is 1220. The molecule has 3 aromatic heterocycles. The van der Waals surface area contributed by atoms with Crippen LogP contribution < -0.4 is 0 Å². The summed E-state index contributed by atoms with van der Waals surface area (Å²) in [4.78, 5) is 25.2. The molecule has 0 unspecified atom stereocenters. The summed E-state index contributed by atoms with van der Waals surface area (Å²) in [5.41, 5.74) is 5.99. The molecule has 0 atom stereocenters. The van der Waals surface area contributed by atoms with Gasteiger partial charge in [0.25, 0.3) is 0 Å². The summed E-state index contributed by atoms with van der Waals surface area (Å²) in [5.74, 6) is 1.72. The average Bonchev–Trinajstić information content (AvgIpc) is 3.31. The number of hydrogen-bond acceptors (Lipinski definition) is 6. The zero-order valence-electron chi connectivity index (χ0n) is 22.6. The molecular formula is C30H39N5O2. The molecule has 5 rings (SSSR count). The molecule has 1 aliphatic carbocycles. The lowest BCUT2D eigenvalue weighted by atomic mass is 9.81. The van der Waals surface area contributed by atoms with E-state index in [1.165, 1.54) is 42.5 Å². The Labute approximate surface area is 220 Å². The number of carbonyl (C=O) groups is 1. The van der Waals surface area contributed by atoms with Crippen molar-refractivity contribution in [2.24, 2.45) is 0 Å². The number of ketones is 1. The van der Waals surface area contributed by atoms with Gasteiger partial charge in [-0.25, -0.2) is 9.67 Å². The first-order chi connectivity index (χ1) is 17.9. The highest BCUT2D eigenvalue weighted by atomic mass is 16.5.